The predicted octanol–water partition coefficient (Wildman–Crippen LogP) is 2.49. The van der Waals surface area contributed by atoms with E-state index in [2.05, 4.69) is 0 Å². The van der Waals surface area contributed by atoms with E-state index in [1.807, 2.05) is 37.3 Å². The fourth-order valence-electron chi connectivity index (χ4n) is 1.36. The molecule has 0 fully saturated rings. The number of allylic oxidation sites excluding steroid dienone is 1. The Labute approximate surface area is 77.8 Å². The maximum atomic E-state index is 5.45. The van der Waals surface area contributed by atoms with Gasteiger partial charge in [0.25, 0.3) is 0 Å². The maximum Gasteiger partial charge on any atom is 0.161 e. The number of hydrogen-bond acceptors (Lipinski definition) is 2. The smallest absolute Gasteiger partial charge is 0.161 e. The third-order valence-electron chi connectivity index (χ3n) is 1.93. The zero-order valence-corrected chi connectivity index (χ0v) is 7.62. The van der Waals surface area contributed by atoms with Crippen molar-refractivity contribution in [1.29, 1.82) is 0 Å². The average molecular weight is 176 g/mol. The minimum Gasteiger partial charge on any atom is -0.486 e. The highest BCUT2D eigenvalue weighted by atomic mass is 16.6. The van der Waals surface area contributed by atoms with E-state index in [1.165, 1.54) is 0 Å². The van der Waals surface area contributed by atoms with Crippen LogP contribution in [0.5, 0.6) is 11.5 Å². The molecule has 0 atom stereocenters. The summed E-state index contributed by atoms with van der Waals surface area (Å²) in [5, 5.41) is 0. The lowest BCUT2D eigenvalue weighted by Crippen LogP contribution is -2.15. The van der Waals surface area contributed by atoms with E-state index >= 15 is 0 Å². The lowest BCUT2D eigenvalue weighted by molar-refractivity contribution is 0.171. The van der Waals surface area contributed by atoms with Crippen molar-refractivity contribution in [3.05, 3.63) is 29.8 Å². The molecule has 1 aromatic rings. The van der Waals surface area contributed by atoms with Crippen molar-refractivity contribution in [2.24, 2.45) is 0 Å². The molecule has 0 aliphatic carbocycles. The molecule has 0 radical (unpaired) electrons. The molecule has 1 aliphatic rings. The Kier molecular flexibility index (Phi) is 2.21. The van der Waals surface area contributed by atoms with Crippen molar-refractivity contribution in [2.75, 3.05) is 13.2 Å². The highest BCUT2D eigenvalue weighted by Crippen LogP contribution is 2.30. The van der Waals surface area contributed by atoms with Gasteiger partial charge < -0.3 is 9.47 Å². The van der Waals surface area contributed by atoms with Gasteiger partial charge in [-0.1, -0.05) is 18.2 Å². The zero-order valence-electron chi connectivity index (χ0n) is 7.62. The molecular formula is C11H12O2. The van der Waals surface area contributed by atoms with Crippen LogP contribution in [0, 0.1) is 0 Å². The van der Waals surface area contributed by atoms with Crippen LogP contribution >= 0.6 is 0 Å². The standard InChI is InChI=1S/C11H12O2/c1-2-3-9-4-5-10-11(8-9)13-7-6-12-10/h2-5,8H,6-7H2,1H3/b3-2+. The fourth-order valence-corrected chi connectivity index (χ4v) is 1.36. The molecule has 1 aromatic carbocycles. The molecule has 0 saturated carbocycles. The van der Waals surface area contributed by atoms with Crippen LogP contribution in [0.4, 0.5) is 0 Å². The van der Waals surface area contributed by atoms with E-state index in [0.717, 1.165) is 17.1 Å². The summed E-state index contributed by atoms with van der Waals surface area (Å²) in [5.41, 5.74) is 1.15. The van der Waals surface area contributed by atoms with Gasteiger partial charge >= 0.3 is 0 Å². The second kappa shape index (κ2) is 3.52. The second-order valence-electron chi connectivity index (χ2n) is 2.90. The Morgan fingerprint density at radius 3 is 2.69 bits per heavy atom. The minimum absolute atomic E-state index is 0.645. The number of benzene rings is 1. The van der Waals surface area contributed by atoms with Crippen LogP contribution in [0.1, 0.15) is 12.5 Å². The van der Waals surface area contributed by atoms with Gasteiger partial charge in [-0.25, -0.2) is 0 Å². The average Bonchev–Trinajstić information content (AvgIpc) is 2.18. The third kappa shape index (κ3) is 1.66. The van der Waals surface area contributed by atoms with Gasteiger partial charge in [-0.3, -0.25) is 0 Å². The minimum atomic E-state index is 0.645. The Bertz CT molecular complexity index is 329. The van der Waals surface area contributed by atoms with Crippen molar-refractivity contribution in [3.8, 4) is 11.5 Å². The van der Waals surface area contributed by atoms with Crippen molar-refractivity contribution in [2.45, 2.75) is 6.92 Å². The number of rotatable bonds is 1. The third-order valence-corrected chi connectivity index (χ3v) is 1.93. The fraction of sp³-hybridized carbons (Fsp3) is 0.273. The summed E-state index contributed by atoms with van der Waals surface area (Å²) in [6.45, 7) is 3.29. The first-order chi connectivity index (χ1) is 6.40. The first kappa shape index (κ1) is 8.17. The van der Waals surface area contributed by atoms with Crippen LogP contribution in [0.15, 0.2) is 24.3 Å². The summed E-state index contributed by atoms with van der Waals surface area (Å²) in [7, 11) is 0. The SMILES string of the molecule is C/C=C/c1ccc2c(c1)OCCO2. The molecule has 2 nitrogen and oxygen atoms in total. The maximum absolute atomic E-state index is 5.45. The van der Waals surface area contributed by atoms with E-state index < -0.39 is 0 Å². The van der Waals surface area contributed by atoms with Crippen LogP contribution in [0.25, 0.3) is 6.08 Å². The zero-order chi connectivity index (χ0) is 9.10. The van der Waals surface area contributed by atoms with Crippen LogP contribution in [-0.2, 0) is 0 Å². The molecule has 0 aromatic heterocycles. The van der Waals surface area contributed by atoms with Crippen molar-refractivity contribution >= 4 is 6.08 Å². The summed E-state index contributed by atoms with van der Waals surface area (Å²) in [5.74, 6) is 1.70. The first-order valence-corrected chi connectivity index (χ1v) is 4.42. The van der Waals surface area contributed by atoms with Crippen molar-refractivity contribution in [3.63, 3.8) is 0 Å². The van der Waals surface area contributed by atoms with Gasteiger partial charge in [0.15, 0.2) is 11.5 Å². The number of fused-ring (bicyclic) bond motifs is 1. The normalized spacial score (nSPS) is 14.8. The Morgan fingerprint density at radius 2 is 1.92 bits per heavy atom. The Hall–Kier alpha value is -1.44. The van der Waals surface area contributed by atoms with Gasteiger partial charge in [-0.15, -0.1) is 0 Å². The summed E-state index contributed by atoms with van der Waals surface area (Å²) in [6, 6.07) is 5.96. The molecule has 0 amide bonds. The number of ether oxygens (including phenoxy) is 2. The molecule has 0 saturated heterocycles. The summed E-state index contributed by atoms with van der Waals surface area (Å²) in [4.78, 5) is 0. The van der Waals surface area contributed by atoms with Gasteiger partial charge in [-0.2, -0.15) is 0 Å². The van der Waals surface area contributed by atoms with E-state index in [9.17, 15) is 0 Å². The summed E-state index contributed by atoms with van der Waals surface area (Å²) < 4.78 is 10.9. The van der Waals surface area contributed by atoms with Crippen LogP contribution < -0.4 is 9.47 Å². The van der Waals surface area contributed by atoms with Gasteiger partial charge in [0, 0.05) is 0 Å². The molecule has 0 N–H and O–H groups in total. The predicted molar refractivity (Wildman–Crippen MR) is 52.1 cm³/mol. The van der Waals surface area contributed by atoms with Crippen LogP contribution in [-0.4, -0.2) is 13.2 Å². The lowest BCUT2D eigenvalue weighted by Gasteiger charge is -2.18. The topological polar surface area (TPSA) is 18.5 Å². The Balaban J connectivity index is 2.35. The molecular weight excluding hydrogens is 164 g/mol. The molecule has 1 aliphatic heterocycles. The molecule has 2 heteroatoms. The molecule has 13 heavy (non-hydrogen) atoms. The van der Waals surface area contributed by atoms with E-state index in [-0.39, 0.29) is 0 Å². The summed E-state index contributed by atoms with van der Waals surface area (Å²) >= 11 is 0. The quantitative estimate of drug-likeness (QED) is 0.654. The molecule has 68 valence electrons. The second-order valence-corrected chi connectivity index (χ2v) is 2.90. The highest BCUT2D eigenvalue weighted by Gasteiger charge is 2.10. The van der Waals surface area contributed by atoms with Crippen molar-refractivity contribution < 1.29 is 9.47 Å². The van der Waals surface area contributed by atoms with Gasteiger partial charge in [0.05, 0.1) is 0 Å². The lowest BCUT2D eigenvalue weighted by atomic mass is 10.2. The first-order valence-electron chi connectivity index (χ1n) is 4.42. The van der Waals surface area contributed by atoms with Gasteiger partial charge in [0.2, 0.25) is 0 Å². The van der Waals surface area contributed by atoms with Crippen LogP contribution in [0.3, 0.4) is 0 Å². The molecule has 1 heterocycles. The monoisotopic (exact) mass is 176 g/mol. The van der Waals surface area contributed by atoms with Gasteiger partial charge in [-0.05, 0) is 24.6 Å². The number of hydrogen-bond donors (Lipinski definition) is 0. The Morgan fingerprint density at radius 1 is 1.15 bits per heavy atom. The van der Waals surface area contributed by atoms with Crippen molar-refractivity contribution in [1.82, 2.24) is 0 Å². The highest BCUT2D eigenvalue weighted by molar-refractivity contribution is 5.55. The van der Waals surface area contributed by atoms with E-state index in [4.69, 9.17) is 9.47 Å². The largest absolute Gasteiger partial charge is 0.486 e. The molecule has 0 spiro atoms. The van der Waals surface area contributed by atoms with Crippen LogP contribution in [0.2, 0.25) is 0 Å². The molecule has 0 unspecified atom stereocenters. The van der Waals surface area contributed by atoms with E-state index in [1.54, 1.807) is 0 Å². The molecule has 0 bridgehead atoms. The summed E-state index contributed by atoms with van der Waals surface area (Å²) in [6.07, 6.45) is 4.05. The van der Waals surface area contributed by atoms with Gasteiger partial charge in [0.1, 0.15) is 13.2 Å². The molecule has 2 rings (SSSR count). The van der Waals surface area contributed by atoms with E-state index in [0.29, 0.717) is 13.2 Å².